The molecule has 1 nitrogen and oxygen atoms in total. The molecule has 0 fully saturated rings. The maximum Gasteiger partial charge on any atom is 0.0855 e. The van der Waals surface area contributed by atoms with E-state index in [9.17, 15) is 4.57 Å². The van der Waals surface area contributed by atoms with Gasteiger partial charge in [0.1, 0.15) is 0 Å². The molecule has 0 rings (SSSR count). The van der Waals surface area contributed by atoms with Crippen molar-refractivity contribution in [1.82, 2.24) is 0 Å². The van der Waals surface area contributed by atoms with Gasteiger partial charge in [-0.2, -0.15) is 0 Å². The summed E-state index contributed by atoms with van der Waals surface area (Å²) in [5, 5.41) is 0. The lowest BCUT2D eigenvalue weighted by Crippen LogP contribution is -1.80. The van der Waals surface area contributed by atoms with Crippen LogP contribution in [0.2, 0.25) is 0 Å². The summed E-state index contributed by atoms with van der Waals surface area (Å²) in [6.07, 6.45) is 2.77. The number of hydrogen-bond donors (Lipinski definition) is 0. The molecule has 54 valence electrons. The Morgan fingerprint density at radius 1 is 1.44 bits per heavy atom. The van der Waals surface area contributed by atoms with Gasteiger partial charge in [0.25, 0.3) is 0 Å². The lowest BCUT2D eigenvalue weighted by Gasteiger charge is -2.00. The molecule has 0 aromatic rings. The highest BCUT2D eigenvalue weighted by molar-refractivity contribution is 7.62. The van der Waals surface area contributed by atoms with Crippen molar-refractivity contribution in [2.45, 2.75) is 13.8 Å². The van der Waals surface area contributed by atoms with Crippen LogP contribution in [-0.2, 0) is 4.57 Å². The van der Waals surface area contributed by atoms with Crippen LogP contribution in [0.25, 0.3) is 0 Å². The quantitative estimate of drug-likeness (QED) is 0.432. The zero-order chi connectivity index (χ0) is 7.49. The zero-order valence-corrected chi connectivity index (χ0v) is 7.53. The Balaban J connectivity index is 3.79. The first-order chi connectivity index (χ1) is 3.92. The molecule has 0 aromatic heterocycles. The summed E-state index contributed by atoms with van der Waals surface area (Å²) in [7, 11) is -1.80. The van der Waals surface area contributed by atoms with Crippen LogP contribution in [0.4, 0.5) is 0 Å². The molecule has 9 heavy (non-hydrogen) atoms. The van der Waals surface area contributed by atoms with E-state index in [1.165, 1.54) is 5.57 Å². The van der Waals surface area contributed by atoms with Gasteiger partial charge in [-0.1, -0.05) is 11.6 Å². The first kappa shape index (κ1) is 8.97. The van der Waals surface area contributed by atoms with Crippen LogP contribution in [-0.4, -0.2) is 19.5 Å². The monoisotopic (exact) mass is 146 g/mol. The second kappa shape index (κ2) is 3.22. The van der Waals surface area contributed by atoms with E-state index in [0.717, 1.165) is 6.16 Å². The smallest absolute Gasteiger partial charge is 0.0855 e. The van der Waals surface area contributed by atoms with Gasteiger partial charge in [-0.25, -0.2) is 0 Å². The Labute approximate surface area is 57.5 Å². The molecule has 0 unspecified atom stereocenters. The van der Waals surface area contributed by atoms with Crippen LogP contribution in [0.15, 0.2) is 11.6 Å². The second-order valence-corrected chi connectivity index (χ2v) is 6.55. The Hall–Kier alpha value is -0.0300. The van der Waals surface area contributed by atoms with Gasteiger partial charge in [0.05, 0.1) is 7.14 Å². The molecule has 0 atom stereocenters. The fourth-order valence-corrected chi connectivity index (χ4v) is 1.21. The Kier molecular flexibility index (Phi) is 3.21. The molecule has 0 saturated carbocycles. The van der Waals surface area contributed by atoms with Crippen LogP contribution in [0.5, 0.6) is 0 Å². The molecule has 0 aliphatic carbocycles. The van der Waals surface area contributed by atoms with Crippen molar-refractivity contribution in [3.63, 3.8) is 0 Å². The van der Waals surface area contributed by atoms with E-state index in [4.69, 9.17) is 0 Å². The topological polar surface area (TPSA) is 17.1 Å². The Bertz CT molecular complexity index is 148. The van der Waals surface area contributed by atoms with Crippen molar-refractivity contribution >= 4 is 7.14 Å². The minimum Gasteiger partial charge on any atom is -0.324 e. The van der Waals surface area contributed by atoms with Crippen LogP contribution in [0.1, 0.15) is 13.8 Å². The average molecular weight is 146 g/mol. The Morgan fingerprint density at radius 2 is 1.89 bits per heavy atom. The summed E-state index contributed by atoms with van der Waals surface area (Å²) < 4.78 is 11.1. The zero-order valence-electron chi connectivity index (χ0n) is 6.64. The fraction of sp³-hybridized carbons (Fsp3) is 0.714. The standard InChI is InChI=1S/C7H15OP/c1-7(2)5-6-9(3,4)8/h5H,6H2,1-4H3. The maximum absolute atomic E-state index is 11.1. The molecule has 0 amide bonds. The van der Waals surface area contributed by atoms with Crippen LogP contribution in [0.3, 0.4) is 0 Å². The predicted molar refractivity (Wildman–Crippen MR) is 43.8 cm³/mol. The van der Waals surface area contributed by atoms with E-state index >= 15 is 0 Å². The third-order valence-electron chi connectivity index (χ3n) is 0.939. The fourth-order valence-electron chi connectivity index (χ4n) is 0.402. The van der Waals surface area contributed by atoms with Gasteiger partial charge in [-0.3, -0.25) is 0 Å². The molecule has 0 heterocycles. The largest absolute Gasteiger partial charge is 0.324 e. The van der Waals surface area contributed by atoms with E-state index in [0.29, 0.717) is 0 Å². The summed E-state index contributed by atoms with van der Waals surface area (Å²) in [5.41, 5.74) is 1.25. The van der Waals surface area contributed by atoms with Gasteiger partial charge in [0.2, 0.25) is 0 Å². The van der Waals surface area contributed by atoms with Gasteiger partial charge in [0, 0.05) is 6.16 Å². The molecule has 0 bridgehead atoms. The molecule has 0 spiro atoms. The molecule has 0 aliphatic rings. The third kappa shape index (κ3) is 7.97. The minimum absolute atomic E-state index is 0.745. The SMILES string of the molecule is CC(C)=CCP(C)(C)=O. The van der Waals surface area contributed by atoms with Gasteiger partial charge in [-0.15, -0.1) is 0 Å². The minimum atomic E-state index is -1.80. The summed E-state index contributed by atoms with van der Waals surface area (Å²) in [6, 6.07) is 0. The van der Waals surface area contributed by atoms with E-state index in [1.807, 2.05) is 33.3 Å². The van der Waals surface area contributed by atoms with Gasteiger partial charge in [0.15, 0.2) is 0 Å². The third-order valence-corrected chi connectivity index (χ3v) is 2.00. The molecule has 0 aromatic carbocycles. The molecule has 0 radical (unpaired) electrons. The summed E-state index contributed by atoms with van der Waals surface area (Å²) in [5.74, 6) is 0. The summed E-state index contributed by atoms with van der Waals surface area (Å²) in [6.45, 7) is 7.67. The van der Waals surface area contributed by atoms with Gasteiger partial charge < -0.3 is 4.57 Å². The highest BCUT2D eigenvalue weighted by Gasteiger charge is 2.01. The molecule has 2 heteroatoms. The van der Waals surface area contributed by atoms with Gasteiger partial charge >= 0.3 is 0 Å². The summed E-state index contributed by atoms with van der Waals surface area (Å²) in [4.78, 5) is 0. The average Bonchev–Trinajstić information content (AvgIpc) is 1.59. The van der Waals surface area contributed by atoms with E-state index in [-0.39, 0.29) is 0 Å². The van der Waals surface area contributed by atoms with Crippen molar-refractivity contribution in [2.24, 2.45) is 0 Å². The second-order valence-electron chi connectivity index (χ2n) is 3.04. The maximum atomic E-state index is 11.1. The highest BCUT2D eigenvalue weighted by atomic mass is 31.2. The van der Waals surface area contributed by atoms with E-state index in [1.54, 1.807) is 0 Å². The summed E-state index contributed by atoms with van der Waals surface area (Å²) >= 11 is 0. The normalized spacial score (nSPS) is 11.1. The van der Waals surface area contributed by atoms with Crippen molar-refractivity contribution in [3.8, 4) is 0 Å². The highest BCUT2D eigenvalue weighted by Crippen LogP contribution is 2.35. The van der Waals surface area contributed by atoms with Crippen molar-refractivity contribution < 1.29 is 4.57 Å². The molecule has 0 aliphatic heterocycles. The first-order valence-electron chi connectivity index (χ1n) is 3.09. The van der Waals surface area contributed by atoms with Crippen molar-refractivity contribution in [1.29, 1.82) is 0 Å². The molecule has 0 saturated heterocycles. The van der Waals surface area contributed by atoms with Crippen molar-refractivity contribution in [3.05, 3.63) is 11.6 Å². The van der Waals surface area contributed by atoms with E-state index < -0.39 is 7.14 Å². The van der Waals surface area contributed by atoms with E-state index in [2.05, 4.69) is 0 Å². The molecule has 0 N–H and O–H groups in total. The number of rotatable bonds is 2. The lowest BCUT2D eigenvalue weighted by atomic mass is 10.3. The molecular weight excluding hydrogens is 131 g/mol. The van der Waals surface area contributed by atoms with Gasteiger partial charge in [-0.05, 0) is 27.2 Å². The Morgan fingerprint density at radius 3 is 2.00 bits per heavy atom. The lowest BCUT2D eigenvalue weighted by molar-refractivity contribution is 0.584. The first-order valence-corrected chi connectivity index (χ1v) is 5.88. The van der Waals surface area contributed by atoms with Crippen LogP contribution in [0, 0.1) is 0 Å². The predicted octanol–water partition coefficient (Wildman–Crippen LogP) is 2.58. The van der Waals surface area contributed by atoms with Crippen LogP contribution < -0.4 is 0 Å². The number of allylic oxidation sites excluding steroid dienone is 2. The van der Waals surface area contributed by atoms with Crippen molar-refractivity contribution in [2.75, 3.05) is 19.5 Å². The van der Waals surface area contributed by atoms with Crippen LogP contribution >= 0.6 is 7.14 Å². The molecular formula is C7H15OP. The number of hydrogen-bond acceptors (Lipinski definition) is 1.